The molecule has 1 saturated carbocycles. The Morgan fingerprint density at radius 3 is 2.46 bits per heavy atom. The van der Waals surface area contributed by atoms with Gasteiger partial charge in [0.2, 0.25) is 0 Å². The molecule has 0 amide bonds. The molecule has 1 atom stereocenters. The highest BCUT2D eigenvalue weighted by atomic mass is 19.1. The molecule has 1 aromatic rings. The number of halogens is 1. The maximum atomic E-state index is 13.2. The fourth-order valence-corrected chi connectivity index (χ4v) is 3.46. The third-order valence-electron chi connectivity index (χ3n) is 5.09. The second kappa shape index (κ2) is 9.91. The maximum Gasteiger partial charge on any atom is 0.191 e. The molecule has 0 aromatic heterocycles. The first-order valence-corrected chi connectivity index (χ1v) is 9.88. The van der Waals surface area contributed by atoms with E-state index < -0.39 is 0 Å². The van der Waals surface area contributed by atoms with Crippen molar-refractivity contribution in [3.63, 3.8) is 0 Å². The molecule has 1 aliphatic carbocycles. The molecule has 146 valence electrons. The van der Waals surface area contributed by atoms with Crippen molar-refractivity contribution in [1.29, 1.82) is 0 Å². The van der Waals surface area contributed by atoms with Crippen molar-refractivity contribution >= 4 is 5.96 Å². The number of aliphatic imine (C=N–C) groups is 1. The standard InChI is InChI=1S/C21H34FN3O/c1-4-23-20(24-14-17(9-12-26)13-16(2)3)25-15-21(10-11-21)18-5-7-19(22)8-6-18/h5-8,16-17,26H,4,9-15H2,1-3H3,(H2,23,24,25). The quantitative estimate of drug-likeness (QED) is 0.441. The van der Waals surface area contributed by atoms with Crippen LogP contribution in [-0.4, -0.2) is 37.3 Å². The van der Waals surface area contributed by atoms with Gasteiger partial charge in [0.25, 0.3) is 0 Å². The molecule has 26 heavy (non-hydrogen) atoms. The predicted octanol–water partition coefficient (Wildman–Crippen LogP) is 3.46. The fourth-order valence-electron chi connectivity index (χ4n) is 3.46. The van der Waals surface area contributed by atoms with Crippen molar-refractivity contribution in [2.75, 3.05) is 26.2 Å². The highest BCUT2D eigenvalue weighted by Crippen LogP contribution is 2.48. The van der Waals surface area contributed by atoms with E-state index in [1.54, 1.807) is 0 Å². The minimum absolute atomic E-state index is 0.0679. The molecule has 0 aliphatic heterocycles. The second-order valence-electron chi connectivity index (χ2n) is 7.87. The summed E-state index contributed by atoms with van der Waals surface area (Å²) in [6.45, 7) is 9.04. The highest BCUT2D eigenvalue weighted by Gasteiger charge is 2.44. The molecule has 4 nitrogen and oxygen atoms in total. The molecule has 1 fully saturated rings. The summed E-state index contributed by atoms with van der Waals surface area (Å²) in [4.78, 5) is 4.80. The molecule has 0 spiro atoms. The SMILES string of the molecule is CCNC(=NCC1(c2ccc(F)cc2)CC1)NCC(CCO)CC(C)C. The minimum atomic E-state index is -0.192. The van der Waals surface area contributed by atoms with Gasteiger partial charge < -0.3 is 15.7 Å². The van der Waals surface area contributed by atoms with Crippen LogP contribution in [0.15, 0.2) is 29.3 Å². The van der Waals surface area contributed by atoms with Gasteiger partial charge in [-0.15, -0.1) is 0 Å². The number of rotatable bonds is 10. The zero-order valence-corrected chi connectivity index (χ0v) is 16.4. The Labute approximate surface area is 157 Å². The van der Waals surface area contributed by atoms with Crippen LogP contribution >= 0.6 is 0 Å². The maximum absolute atomic E-state index is 13.2. The van der Waals surface area contributed by atoms with Gasteiger partial charge in [0.15, 0.2) is 5.96 Å². The lowest BCUT2D eigenvalue weighted by molar-refractivity contribution is 0.243. The van der Waals surface area contributed by atoms with Crippen LogP contribution < -0.4 is 10.6 Å². The van der Waals surface area contributed by atoms with Crippen LogP contribution in [0.25, 0.3) is 0 Å². The van der Waals surface area contributed by atoms with Gasteiger partial charge in [0.05, 0.1) is 6.54 Å². The highest BCUT2D eigenvalue weighted by molar-refractivity contribution is 5.79. The molecule has 2 rings (SSSR count). The minimum Gasteiger partial charge on any atom is -0.396 e. The molecule has 0 saturated heterocycles. The molecule has 1 aromatic carbocycles. The lowest BCUT2D eigenvalue weighted by Crippen LogP contribution is -2.40. The number of benzene rings is 1. The van der Waals surface area contributed by atoms with Crippen LogP contribution in [0.3, 0.4) is 0 Å². The van der Waals surface area contributed by atoms with Gasteiger partial charge in [-0.2, -0.15) is 0 Å². The molecular weight excluding hydrogens is 329 g/mol. The largest absolute Gasteiger partial charge is 0.396 e. The van der Waals surface area contributed by atoms with E-state index in [9.17, 15) is 9.50 Å². The number of nitrogens with zero attached hydrogens (tertiary/aromatic N) is 1. The molecule has 0 heterocycles. The van der Waals surface area contributed by atoms with Gasteiger partial charge in [-0.1, -0.05) is 26.0 Å². The lowest BCUT2D eigenvalue weighted by atomic mass is 9.94. The van der Waals surface area contributed by atoms with Crippen molar-refractivity contribution in [3.05, 3.63) is 35.6 Å². The van der Waals surface area contributed by atoms with Crippen LogP contribution in [0, 0.1) is 17.7 Å². The van der Waals surface area contributed by atoms with E-state index in [0.717, 1.165) is 44.7 Å². The summed E-state index contributed by atoms with van der Waals surface area (Å²) in [5, 5.41) is 16.0. The summed E-state index contributed by atoms with van der Waals surface area (Å²) in [6.07, 6.45) is 4.10. The van der Waals surface area contributed by atoms with Crippen molar-refractivity contribution in [3.8, 4) is 0 Å². The van der Waals surface area contributed by atoms with E-state index in [4.69, 9.17) is 4.99 Å². The topological polar surface area (TPSA) is 56.7 Å². The van der Waals surface area contributed by atoms with Crippen molar-refractivity contribution in [1.82, 2.24) is 10.6 Å². The fraction of sp³-hybridized carbons (Fsp3) is 0.667. The van der Waals surface area contributed by atoms with Crippen molar-refractivity contribution in [2.24, 2.45) is 16.8 Å². The van der Waals surface area contributed by atoms with E-state index in [0.29, 0.717) is 18.4 Å². The Morgan fingerprint density at radius 2 is 1.92 bits per heavy atom. The van der Waals surface area contributed by atoms with E-state index >= 15 is 0 Å². The van der Waals surface area contributed by atoms with Crippen molar-refractivity contribution < 1.29 is 9.50 Å². The number of aliphatic hydroxyl groups is 1. The molecule has 1 unspecified atom stereocenters. The van der Waals surface area contributed by atoms with E-state index in [-0.39, 0.29) is 17.8 Å². The van der Waals surface area contributed by atoms with Gasteiger partial charge in [0.1, 0.15) is 5.82 Å². The number of aliphatic hydroxyl groups excluding tert-OH is 1. The lowest BCUT2D eigenvalue weighted by Gasteiger charge is -2.21. The van der Waals surface area contributed by atoms with Crippen LogP contribution in [0.2, 0.25) is 0 Å². The Bertz CT molecular complexity index is 567. The zero-order valence-electron chi connectivity index (χ0n) is 16.4. The number of hydrogen-bond donors (Lipinski definition) is 3. The van der Waals surface area contributed by atoms with Gasteiger partial charge >= 0.3 is 0 Å². The summed E-state index contributed by atoms with van der Waals surface area (Å²) in [6, 6.07) is 6.85. The third-order valence-corrected chi connectivity index (χ3v) is 5.09. The van der Waals surface area contributed by atoms with Gasteiger partial charge in [-0.25, -0.2) is 4.39 Å². The predicted molar refractivity (Wildman–Crippen MR) is 106 cm³/mol. The van der Waals surface area contributed by atoms with Gasteiger partial charge in [0, 0.05) is 25.1 Å². The molecular formula is C21H34FN3O. The Hall–Kier alpha value is -1.62. The normalized spacial score (nSPS) is 17.2. The number of hydrogen-bond acceptors (Lipinski definition) is 2. The molecule has 0 radical (unpaired) electrons. The first-order valence-electron chi connectivity index (χ1n) is 9.88. The van der Waals surface area contributed by atoms with Gasteiger partial charge in [-0.05, 0) is 62.1 Å². The molecule has 3 N–H and O–H groups in total. The number of nitrogens with one attached hydrogen (secondary N) is 2. The number of guanidine groups is 1. The zero-order chi connectivity index (χ0) is 19.0. The van der Waals surface area contributed by atoms with Gasteiger partial charge in [-0.3, -0.25) is 4.99 Å². The first kappa shape index (κ1) is 20.7. The molecule has 5 heteroatoms. The Kier molecular flexibility index (Phi) is 7.88. The summed E-state index contributed by atoms with van der Waals surface area (Å²) < 4.78 is 13.2. The monoisotopic (exact) mass is 363 g/mol. The summed E-state index contributed by atoms with van der Waals surface area (Å²) in [5.74, 6) is 1.69. The smallest absolute Gasteiger partial charge is 0.191 e. The van der Waals surface area contributed by atoms with Crippen LogP contribution in [-0.2, 0) is 5.41 Å². The van der Waals surface area contributed by atoms with Crippen LogP contribution in [0.4, 0.5) is 4.39 Å². The summed E-state index contributed by atoms with van der Waals surface area (Å²) in [7, 11) is 0. The van der Waals surface area contributed by atoms with Crippen LogP contribution in [0.5, 0.6) is 0 Å². The average molecular weight is 364 g/mol. The van der Waals surface area contributed by atoms with E-state index in [1.807, 2.05) is 12.1 Å². The molecule has 1 aliphatic rings. The first-order chi connectivity index (χ1) is 12.5. The Morgan fingerprint density at radius 1 is 1.23 bits per heavy atom. The van der Waals surface area contributed by atoms with Crippen molar-refractivity contribution in [2.45, 2.75) is 51.9 Å². The van der Waals surface area contributed by atoms with E-state index in [2.05, 4.69) is 31.4 Å². The summed E-state index contributed by atoms with van der Waals surface area (Å²) in [5.41, 5.74) is 1.25. The second-order valence-corrected chi connectivity index (χ2v) is 7.87. The van der Waals surface area contributed by atoms with Crippen LogP contribution in [0.1, 0.15) is 52.0 Å². The molecule has 0 bridgehead atoms. The average Bonchev–Trinajstić information content (AvgIpc) is 3.38. The third kappa shape index (κ3) is 6.27. The summed E-state index contributed by atoms with van der Waals surface area (Å²) >= 11 is 0. The Balaban J connectivity index is 1.96. The van der Waals surface area contributed by atoms with E-state index in [1.165, 1.54) is 17.7 Å².